The first kappa shape index (κ1) is 17.0. The molecule has 0 bridgehead atoms. The number of ether oxygens (including phenoxy) is 2. The average Bonchev–Trinajstić information content (AvgIpc) is 3.24. The second-order valence-corrected chi connectivity index (χ2v) is 8.36. The number of pyridine rings is 1. The Bertz CT molecular complexity index is 956. The second kappa shape index (κ2) is 6.37. The molecule has 4 rings (SSSR count). The first-order valence-corrected chi connectivity index (χ1v) is 9.77. The highest BCUT2D eigenvalue weighted by Gasteiger charge is 2.35. The van der Waals surface area contributed by atoms with Crippen LogP contribution in [-0.2, 0) is 21.4 Å². The van der Waals surface area contributed by atoms with Gasteiger partial charge in [-0.15, -0.1) is 0 Å². The number of benzene rings is 1. The minimum Gasteiger partial charge on any atom is -0.487 e. The molecule has 0 N–H and O–H groups in total. The van der Waals surface area contributed by atoms with Crippen LogP contribution in [0.3, 0.4) is 0 Å². The molecule has 1 aromatic carbocycles. The highest BCUT2D eigenvalue weighted by atomic mass is 32.2. The molecule has 1 fully saturated rings. The van der Waals surface area contributed by atoms with Crippen molar-refractivity contribution in [2.45, 2.75) is 31.0 Å². The second-order valence-electron chi connectivity index (χ2n) is 6.42. The van der Waals surface area contributed by atoms with Crippen molar-refractivity contribution in [2.75, 3.05) is 13.1 Å². The number of hydrogen-bond donors (Lipinski definition) is 0. The highest BCUT2D eigenvalue weighted by molar-refractivity contribution is 7.89. The Hall–Kier alpha value is -2.45. The number of carbonyl (C=O) groups excluding carboxylic acids is 1. The molecule has 1 aromatic heterocycles. The lowest BCUT2D eigenvalue weighted by Gasteiger charge is -2.17. The standard InChI is InChI=1S/C18H18N2O5S/c1-12-2-4-14(9-19-12)25-15-6-7-20(10-15)26(22,23)16-5-3-13-11-24-18(21)17(13)8-16/h2-5,8-9,15H,6-7,10-11H2,1H3/t15-/m0/s1. The molecular weight excluding hydrogens is 356 g/mol. The van der Waals surface area contributed by atoms with Crippen LogP contribution in [0.25, 0.3) is 0 Å². The van der Waals surface area contributed by atoms with Crippen LogP contribution in [0.1, 0.15) is 28.0 Å². The third kappa shape index (κ3) is 3.06. The highest BCUT2D eigenvalue weighted by Crippen LogP contribution is 2.28. The van der Waals surface area contributed by atoms with Gasteiger partial charge in [-0.1, -0.05) is 6.07 Å². The van der Waals surface area contributed by atoms with Crippen molar-refractivity contribution in [2.24, 2.45) is 0 Å². The van der Waals surface area contributed by atoms with E-state index in [0.717, 1.165) is 5.69 Å². The van der Waals surface area contributed by atoms with E-state index in [0.29, 0.717) is 29.8 Å². The summed E-state index contributed by atoms with van der Waals surface area (Å²) in [5, 5.41) is 0. The lowest BCUT2D eigenvalue weighted by atomic mass is 10.1. The van der Waals surface area contributed by atoms with Crippen LogP contribution >= 0.6 is 0 Å². The topological polar surface area (TPSA) is 85.8 Å². The third-order valence-corrected chi connectivity index (χ3v) is 6.45. The zero-order valence-corrected chi connectivity index (χ0v) is 15.0. The summed E-state index contributed by atoms with van der Waals surface area (Å²) in [6.45, 7) is 2.71. The summed E-state index contributed by atoms with van der Waals surface area (Å²) in [5.74, 6) is 0.145. The van der Waals surface area contributed by atoms with E-state index in [2.05, 4.69) is 4.98 Å². The van der Waals surface area contributed by atoms with Gasteiger partial charge in [-0.3, -0.25) is 4.98 Å². The number of fused-ring (bicyclic) bond motifs is 1. The number of carbonyl (C=O) groups is 1. The number of esters is 1. The first-order chi connectivity index (χ1) is 12.4. The molecule has 0 radical (unpaired) electrons. The fourth-order valence-electron chi connectivity index (χ4n) is 3.13. The molecule has 0 saturated carbocycles. The van der Waals surface area contributed by atoms with E-state index >= 15 is 0 Å². The predicted molar refractivity (Wildman–Crippen MR) is 92.3 cm³/mol. The van der Waals surface area contributed by atoms with E-state index in [1.165, 1.54) is 16.4 Å². The summed E-state index contributed by atoms with van der Waals surface area (Å²) in [6, 6.07) is 8.23. The van der Waals surface area contributed by atoms with Crippen molar-refractivity contribution < 1.29 is 22.7 Å². The number of rotatable bonds is 4. The van der Waals surface area contributed by atoms with E-state index in [9.17, 15) is 13.2 Å². The number of nitrogens with zero attached hydrogens (tertiary/aromatic N) is 2. The van der Waals surface area contributed by atoms with Gasteiger partial charge in [-0.05, 0) is 37.6 Å². The molecule has 2 aliphatic heterocycles. The van der Waals surface area contributed by atoms with Gasteiger partial charge in [0.25, 0.3) is 0 Å². The van der Waals surface area contributed by atoms with Crippen LogP contribution in [0.5, 0.6) is 5.75 Å². The minimum absolute atomic E-state index is 0.104. The molecule has 26 heavy (non-hydrogen) atoms. The molecule has 136 valence electrons. The van der Waals surface area contributed by atoms with Crippen LogP contribution in [0.4, 0.5) is 0 Å². The molecule has 0 aliphatic carbocycles. The van der Waals surface area contributed by atoms with Crippen LogP contribution in [0, 0.1) is 6.92 Å². The fraction of sp³-hybridized carbons (Fsp3) is 0.333. The van der Waals surface area contributed by atoms with E-state index in [-0.39, 0.29) is 24.2 Å². The zero-order valence-electron chi connectivity index (χ0n) is 14.2. The monoisotopic (exact) mass is 374 g/mol. The van der Waals surface area contributed by atoms with Crippen molar-refractivity contribution in [1.29, 1.82) is 0 Å². The van der Waals surface area contributed by atoms with Gasteiger partial charge < -0.3 is 9.47 Å². The van der Waals surface area contributed by atoms with E-state index in [1.807, 2.05) is 19.1 Å². The molecule has 1 saturated heterocycles. The van der Waals surface area contributed by atoms with Crippen LogP contribution < -0.4 is 4.74 Å². The van der Waals surface area contributed by atoms with Gasteiger partial charge in [0.15, 0.2) is 0 Å². The summed E-state index contributed by atoms with van der Waals surface area (Å²) in [5.41, 5.74) is 1.93. The Morgan fingerprint density at radius 3 is 2.88 bits per heavy atom. The summed E-state index contributed by atoms with van der Waals surface area (Å²) < 4.78 is 37.9. The summed E-state index contributed by atoms with van der Waals surface area (Å²) >= 11 is 0. The van der Waals surface area contributed by atoms with Crippen molar-refractivity contribution >= 4 is 16.0 Å². The SMILES string of the molecule is Cc1ccc(O[C@H]2CCN(S(=O)(=O)c3ccc4c(c3)C(=O)OC4)C2)cn1. The summed E-state index contributed by atoms with van der Waals surface area (Å²) in [6.07, 6.45) is 2.01. The average molecular weight is 374 g/mol. The van der Waals surface area contributed by atoms with Gasteiger partial charge in [0.05, 0.1) is 23.2 Å². The van der Waals surface area contributed by atoms with Crippen LogP contribution in [-0.4, -0.2) is 42.9 Å². The Morgan fingerprint density at radius 1 is 1.27 bits per heavy atom. The Kier molecular flexibility index (Phi) is 4.16. The van der Waals surface area contributed by atoms with Gasteiger partial charge >= 0.3 is 5.97 Å². The zero-order chi connectivity index (χ0) is 18.3. The first-order valence-electron chi connectivity index (χ1n) is 8.33. The van der Waals surface area contributed by atoms with Crippen LogP contribution in [0.15, 0.2) is 41.4 Å². The number of aryl methyl sites for hydroxylation is 1. The molecule has 1 atom stereocenters. The Balaban J connectivity index is 1.50. The molecular formula is C18H18N2O5S. The van der Waals surface area contributed by atoms with Gasteiger partial charge in [0.2, 0.25) is 10.0 Å². The Morgan fingerprint density at radius 2 is 2.12 bits per heavy atom. The third-order valence-electron chi connectivity index (χ3n) is 4.59. The fourth-order valence-corrected chi connectivity index (χ4v) is 4.64. The molecule has 0 spiro atoms. The lowest BCUT2D eigenvalue weighted by molar-refractivity contribution is 0.0535. The summed E-state index contributed by atoms with van der Waals surface area (Å²) in [7, 11) is -3.69. The maximum Gasteiger partial charge on any atom is 0.338 e. The van der Waals surface area contributed by atoms with Gasteiger partial charge in [-0.25, -0.2) is 13.2 Å². The number of aromatic nitrogens is 1. The molecule has 2 aromatic rings. The molecule has 0 unspecified atom stereocenters. The molecule has 7 nitrogen and oxygen atoms in total. The maximum absolute atomic E-state index is 12.9. The molecule has 8 heteroatoms. The normalized spacial score (nSPS) is 20.0. The van der Waals surface area contributed by atoms with Crippen molar-refractivity contribution in [3.63, 3.8) is 0 Å². The smallest absolute Gasteiger partial charge is 0.338 e. The Labute approximate surface area is 151 Å². The van der Waals surface area contributed by atoms with Gasteiger partial charge in [0.1, 0.15) is 18.5 Å². The van der Waals surface area contributed by atoms with Gasteiger partial charge in [-0.2, -0.15) is 4.31 Å². The minimum atomic E-state index is -3.69. The lowest BCUT2D eigenvalue weighted by Crippen LogP contribution is -2.31. The van der Waals surface area contributed by atoms with Gasteiger partial charge in [0, 0.05) is 17.8 Å². The van der Waals surface area contributed by atoms with E-state index in [4.69, 9.17) is 9.47 Å². The quantitative estimate of drug-likeness (QED) is 0.760. The molecule has 3 heterocycles. The number of sulfonamides is 1. The van der Waals surface area contributed by atoms with E-state index in [1.54, 1.807) is 12.3 Å². The van der Waals surface area contributed by atoms with Crippen LogP contribution in [0.2, 0.25) is 0 Å². The summed E-state index contributed by atoms with van der Waals surface area (Å²) in [4.78, 5) is 16.0. The van der Waals surface area contributed by atoms with Crippen molar-refractivity contribution in [3.05, 3.63) is 53.3 Å². The molecule has 2 aliphatic rings. The largest absolute Gasteiger partial charge is 0.487 e. The number of cyclic esters (lactones) is 1. The number of hydrogen-bond acceptors (Lipinski definition) is 6. The predicted octanol–water partition coefficient (Wildman–Crippen LogP) is 1.90. The molecule has 0 amide bonds. The van der Waals surface area contributed by atoms with E-state index < -0.39 is 16.0 Å². The van der Waals surface area contributed by atoms with Crippen molar-refractivity contribution in [1.82, 2.24) is 9.29 Å². The van der Waals surface area contributed by atoms with Crippen molar-refractivity contribution in [3.8, 4) is 5.75 Å². The maximum atomic E-state index is 12.9.